The zero-order valence-electron chi connectivity index (χ0n) is 12.2. The highest BCUT2D eigenvalue weighted by atomic mass is 31.2. The maximum absolute atomic E-state index is 12.8. The van der Waals surface area contributed by atoms with Crippen LogP contribution in [0.5, 0.6) is 0 Å². The summed E-state index contributed by atoms with van der Waals surface area (Å²) in [5.41, 5.74) is 0. The molecule has 1 aromatic rings. The molecular formula is C15H23O4P. The van der Waals surface area contributed by atoms with E-state index >= 15 is 0 Å². The van der Waals surface area contributed by atoms with E-state index in [1.54, 1.807) is 6.92 Å². The summed E-state index contributed by atoms with van der Waals surface area (Å²) in [6, 6.07) is 9.28. The third-order valence-electron chi connectivity index (χ3n) is 2.88. The van der Waals surface area contributed by atoms with Crippen LogP contribution in [-0.2, 0) is 18.6 Å². The van der Waals surface area contributed by atoms with Crippen molar-refractivity contribution in [2.45, 2.75) is 33.1 Å². The van der Waals surface area contributed by atoms with E-state index in [1.807, 2.05) is 37.3 Å². The first kappa shape index (κ1) is 16.9. The minimum atomic E-state index is -2.80. The van der Waals surface area contributed by atoms with E-state index < -0.39 is 7.37 Å². The molecule has 0 fully saturated rings. The highest BCUT2D eigenvalue weighted by Crippen LogP contribution is 2.46. The standard InChI is InChI=1S/C15H23O4P/c1-3-18-15(16)12-8-9-13-20(17,19-4-2)14-10-6-5-7-11-14/h5-7,10-11H,3-4,8-9,12-13H2,1-2H3. The summed E-state index contributed by atoms with van der Waals surface area (Å²) in [5, 5.41) is 0.748. The molecule has 0 aliphatic carbocycles. The molecule has 4 nitrogen and oxygen atoms in total. The second kappa shape index (κ2) is 8.93. The van der Waals surface area contributed by atoms with E-state index in [9.17, 15) is 9.36 Å². The van der Waals surface area contributed by atoms with Gasteiger partial charge < -0.3 is 9.26 Å². The summed E-state index contributed by atoms with van der Waals surface area (Å²) < 4.78 is 23.2. The van der Waals surface area contributed by atoms with Crippen molar-refractivity contribution in [1.29, 1.82) is 0 Å². The van der Waals surface area contributed by atoms with Crippen LogP contribution in [0.2, 0.25) is 0 Å². The number of hydrogen-bond acceptors (Lipinski definition) is 4. The molecule has 0 bridgehead atoms. The van der Waals surface area contributed by atoms with Crippen LogP contribution in [0, 0.1) is 0 Å². The molecule has 0 amide bonds. The van der Waals surface area contributed by atoms with Crippen molar-refractivity contribution >= 4 is 18.6 Å². The lowest BCUT2D eigenvalue weighted by atomic mass is 10.2. The molecule has 0 aromatic heterocycles. The van der Waals surface area contributed by atoms with Gasteiger partial charge in [-0.15, -0.1) is 0 Å². The molecule has 0 heterocycles. The van der Waals surface area contributed by atoms with Crippen molar-refractivity contribution in [3.05, 3.63) is 30.3 Å². The Morgan fingerprint density at radius 3 is 2.40 bits per heavy atom. The van der Waals surface area contributed by atoms with Crippen molar-refractivity contribution in [3.8, 4) is 0 Å². The van der Waals surface area contributed by atoms with Gasteiger partial charge in [-0.2, -0.15) is 0 Å². The molecule has 1 atom stereocenters. The molecule has 0 aliphatic heterocycles. The van der Waals surface area contributed by atoms with Crippen LogP contribution < -0.4 is 5.30 Å². The monoisotopic (exact) mass is 298 g/mol. The molecule has 0 radical (unpaired) electrons. The zero-order valence-corrected chi connectivity index (χ0v) is 13.1. The summed E-state index contributed by atoms with van der Waals surface area (Å²) in [4.78, 5) is 11.2. The molecule has 0 spiro atoms. The van der Waals surface area contributed by atoms with Crippen LogP contribution in [0.25, 0.3) is 0 Å². The van der Waals surface area contributed by atoms with Crippen LogP contribution in [0.4, 0.5) is 0 Å². The molecule has 0 saturated carbocycles. The van der Waals surface area contributed by atoms with Crippen molar-refractivity contribution in [1.82, 2.24) is 0 Å². The predicted molar refractivity (Wildman–Crippen MR) is 80.7 cm³/mol. The van der Waals surface area contributed by atoms with Crippen molar-refractivity contribution in [2.24, 2.45) is 0 Å². The number of unbranched alkanes of at least 4 members (excludes halogenated alkanes) is 1. The van der Waals surface area contributed by atoms with Crippen molar-refractivity contribution in [3.63, 3.8) is 0 Å². The second-order valence-electron chi connectivity index (χ2n) is 4.41. The molecular weight excluding hydrogens is 275 g/mol. The molecule has 0 N–H and O–H groups in total. The van der Waals surface area contributed by atoms with E-state index in [0.717, 1.165) is 5.30 Å². The fourth-order valence-corrected chi connectivity index (χ4v) is 4.17. The molecule has 20 heavy (non-hydrogen) atoms. The Bertz CT molecular complexity index is 444. The summed E-state index contributed by atoms with van der Waals surface area (Å²) in [5.74, 6) is -0.196. The quantitative estimate of drug-likeness (QED) is 0.398. The normalized spacial score (nSPS) is 13.7. The van der Waals surface area contributed by atoms with Gasteiger partial charge in [-0.1, -0.05) is 18.2 Å². The number of rotatable bonds is 9. The first-order valence-electron chi connectivity index (χ1n) is 7.07. The summed E-state index contributed by atoms with van der Waals surface area (Å²) in [6.45, 7) is 4.45. The number of hydrogen-bond donors (Lipinski definition) is 0. The minimum absolute atomic E-state index is 0.196. The molecule has 0 aliphatic rings. The SMILES string of the molecule is CCOC(=O)CCCCP(=O)(OCC)c1ccccc1. The maximum Gasteiger partial charge on any atom is 0.305 e. The van der Waals surface area contributed by atoms with Gasteiger partial charge in [-0.05, 0) is 38.8 Å². The Kier molecular flexibility index (Phi) is 7.56. The number of benzene rings is 1. The van der Waals surface area contributed by atoms with Crippen LogP contribution in [0.3, 0.4) is 0 Å². The second-order valence-corrected chi connectivity index (χ2v) is 6.98. The van der Waals surface area contributed by atoms with Gasteiger partial charge in [0, 0.05) is 17.9 Å². The van der Waals surface area contributed by atoms with E-state index in [2.05, 4.69) is 0 Å². The van der Waals surface area contributed by atoms with E-state index in [-0.39, 0.29) is 5.97 Å². The molecule has 1 rings (SSSR count). The van der Waals surface area contributed by atoms with Gasteiger partial charge in [0.15, 0.2) is 0 Å². The fourth-order valence-electron chi connectivity index (χ4n) is 1.95. The lowest BCUT2D eigenvalue weighted by molar-refractivity contribution is -0.143. The van der Waals surface area contributed by atoms with Gasteiger partial charge in [-0.3, -0.25) is 9.36 Å². The predicted octanol–water partition coefficient (Wildman–Crippen LogP) is 3.36. The summed E-state index contributed by atoms with van der Waals surface area (Å²) >= 11 is 0. The van der Waals surface area contributed by atoms with Gasteiger partial charge in [0.25, 0.3) is 0 Å². The van der Waals surface area contributed by atoms with Crippen LogP contribution in [0.15, 0.2) is 30.3 Å². The lowest BCUT2D eigenvalue weighted by Gasteiger charge is -2.18. The fraction of sp³-hybridized carbons (Fsp3) is 0.533. The molecule has 1 unspecified atom stereocenters. The number of carbonyl (C=O) groups is 1. The Balaban J connectivity index is 2.52. The third kappa shape index (κ3) is 5.48. The Morgan fingerprint density at radius 2 is 1.80 bits per heavy atom. The molecule has 0 saturated heterocycles. The highest BCUT2D eigenvalue weighted by molar-refractivity contribution is 7.67. The van der Waals surface area contributed by atoms with E-state index in [4.69, 9.17) is 9.26 Å². The van der Waals surface area contributed by atoms with Crippen molar-refractivity contribution in [2.75, 3.05) is 19.4 Å². The number of esters is 1. The minimum Gasteiger partial charge on any atom is -0.466 e. The first-order valence-corrected chi connectivity index (χ1v) is 8.88. The van der Waals surface area contributed by atoms with Crippen molar-refractivity contribution < 1.29 is 18.6 Å². The van der Waals surface area contributed by atoms with Gasteiger partial charge in [0.2, 0.25) is 7.37 Å². The molecule has 112 valence electrons. The van der Waals surface area contributed by atoms with Gasteiger partial charge in [0.1, 0.15) is 0 Å². The molecule has 5 heteroatoms. The Morgan fingerprint density at radius 1 is 1.10 bits per heavy atom. The van der Waals surface area contributed by atoms with Gasteiger partial charge in [0.05, 0.1) is 13.2 Å². The Hall–Kier alpha value is -1.12. The van der Waals surface area contributed by atoms with E-state index in [0.29, 0.717) is 38.6 Å². The van der Waals surface area contributed by atoms with Gasteiger partial charge in [-0.25, -0.2) is 0 Å². The summed E-state index contributed by atoms with van der Waals surface area (Å²) in [7, 11) is -2.80. The molecule has 1 aromatic carbocycles. The highest BCUT2D eigenvalue weighted by Gasteiger charge is 2.24. The Labute approximate surface area is 120 Å². The van der Waals surface area contributed by atoms with Gasteiger partial charge >= 0.3 is 5.97 Å². The topological polar surface area (TPSA) is 52.6 Å². The average molecular weight is 298 g/mol. The maximum atomic E-state index is 12.8. The largest absolute Gasteiger partial charge is 0.466 e. The lowest BCUT2D eigenvalue weighted by Crippen LogP contribution is -2.11. The smallest absolute Gasteiger partial charge is 0.305 e. The first-order chi connectivity index (χ1) is 9.62. The van der Waals surface area contributed by atoms with E-state index in [1.165, 1.54) is 0 Å². The number of carbonyl (C=O) groups excluding carboxylic acids is 1. The number of ether oxygens (including phenoxy) is 1. The van der Waals surface area contributed by atoms with Crippen LogP contribution in [0.1, 0.15) is 33.1 Å². The van der Waals surface area contributed by atoms with Crippen LogP contribution >= 0.6 is 7.37 Å². The average Bonchev–Trinajstić information content (AvgIpc) is 2.45. The third-order valence-corrected chi connectivity index (χ3v) is 5.54. The zero-order chi connectivity index (χ0) is 14.8. The van der Waals surface area contributed by atoms with Crippen LogP contribution in [-0.4, -0.2) is 25.3 Å². The summed E-state index contributed by atoms with van der Waals surface area (Å²) in [6.07, 6.45) is 2.19.